The van der Waals surface area contributed by atoms with E-state index in [9.17, 15) is 33.6 Å². The van der Waals surface area contributed by atoms with Gasteiger partial charge in [0.05, 0.1) is 19.7 Å². The van der Waals surface area contributed by atoms with E-state index in [1.165, 1.54) is 38.1 Å². The number of carbonyl (C=O) groups excluding carboxylic acids is 7. The van der Waals surface area contributed by atoms with Crippen molar-refractivity contribution in [3.05, 3.63) is 41.0 Å². The van der Waals surface area contributed by atoms with Gasteiger partial charge in [0, 0.05) is 46.6 Å². The van der Waals surface area contributed by atoms with Gasteiger partial charge >= 0.3 is 29.8 Å². The Morgan fingerprint density at radius 2 is 1.53 bits per heavy atom. The SMILES string of the molecule is C/C=C/[C@]1(C(=O)OC)C[C@H](OC(C)=O)[C@@H](NC(C)=O)[C@H]([C@H](OC(C)=O)[C@@H](CNC(=O)c2cc(C)c(OC(C)=O)c(C)c2)OC(C)=O)O1. The monoisotopic (exact) mass is 662 g/mol. The van der Waals surface area contributed by atoms with Crippen molar-refractivity contribution in [1.82, 2.24) is 10.6 Å². The Labute approximate surface area is 272 Å². The number of nitrogens with one attached hydrogen (secondary N) is 2. The predicted molar refractivity (Wildman–Crippen MR) is 163 cm³/mol. The van der Waals surface area contributed by atoms with Gasteiger partial charge in [-0.25, -0.2) is 4.79 Å². The number of methoxy groups -OCH3 is 1. The smallest absolute Gasteiger partial charge is 0.342 e. The van der Waals surface area contributed by atoms with E-state index in [4.69, 9.17) is 28.4 Å². The van der Waals surface area contributed by atoms with Gasteiger partial charge in [0.2, 0.25) is 5.91 Å². The standard InChI is InChI=1S/C32H42N2O13/c1-10-11-32(31(41)42-9)14-24(43-19(5)36)26(34-18(4)35)29(47-32)28(46-22(8)39)25(44-20(6)37)15-33-30(40)23-12-16(2)27(17(3)13-23)45-21(7)38/h10-13,24-26,28-29H,14-15H2,1-9H3,(H,33,40)(H,34,35)/b11-10+/t24-,25+,26+,28+,29+,32+/m0/s1. The molecule has 2 rings (SSSR count). The molecule has 15 heteroatoms. The quantitative estimate of drug-likeness (QED) is 0.142. The minimum atomic E-state index is -1.90. The van der Waals surface area contributed by atoms with Crippen LogP contribution in [-0.2, 0) is 52.5 Å². The number of rotatable bonds is 12. The van der Waals surface area contributed by atoms with Gasteiger partial charge in [0.1, 0.15) is 18.0 Å². The molecule has 0 saturated carbocycles. The molecule has 0 spiro atoms. The lowest BCUT2D eigenvalue weighted by atomic mass is 9.82. The van der Waals surface area contributed by atoms with Crippen molar-refractivity contribution < 1.29 is 62.0 Å². The molecule has 0 aliphatic carbocycles. The summed E-state index contributed by atoms with van der Waals surface area (Å²) in [6, 6.07) is 1.75. The Morgan fingerprint density at radius 3 is 2.00 bits per heavy atom. The number of hydrogen-bond acceptors (Lipinski definition) is 13. The van der Waals surface area contributed by atoms with E-state index in [1.54, 1.807) is 20.8 Å². The summed E-state index contributed by atoms with van der Waals surface area (Å²) in [5.41, 5.74) is -0.704. The topological polar surface area (TPSA) is 199 Å². The highest BCUT2D eigenvalue weighted by Crippen LogP contribution is 2.37. The van der Waals surface area contributed by atoms with Crippen molar-refractivity contribution in [2.24, 2.45) is 0 Å². The normalized spacial score (nSPS) is 21.9. The first-order valence-corrected chi connectivity index (χ1v) is 14.7. The number of aryl methyl sites for hydroxylation is 2. The van der Waals surface area contributed by atoms with Crippen LogP contribution >= 0.6 is 0 Å². The Kier molecular flexibility index (Phi) is 13.6. The third-order valence-corrected chi connectivity index (χ3v) is 7.00. The molecule has 2 N–H and O–H groups in total. The molecule has 0 bridgehead atoms. The van der Waals surface area contributed by atoms with Gasteiger partial charge in [-0.15, -0.1) is 0 Å². The number of hydrogen-bond donors (Lipinski definition) is 2. The highest BCUT2D eigenvalue weighted by molar-refractivity contribution is 5.95. The van der Waals surface area contributed by atoms with Crippen molar-refractivity contribution in [2.45, 2.75) is 97.9 Å². The predicted octanol–water partition coefficient (Wildman–Crippen LogP) is 1.54. The summed E-state index contributed by atoms with van der Waals surface area (Å²) in [6.45, 7) is 10.2. The molecule has 6 atom stereocenters. The summed E-state index contributed by atoms with van der Waals surface area (Å²) in [7, 11) is 1.12. The maximum atomic E-state index is 13.3. The second kappa shape index (κ2) is 16.7. The molecular formula is C32H42N2O13. The second-order valence-electron chi connectivity index (χ2n) is 11.0. The molecule has 15 nitrogen and oxygen atoms in total. The number of esters is 5. The molecule has 1 aromatic rings. The first kappa shape index (κ1) is 38.4. The average Bonchev–Trinajstić information content (AvgIpc) is 2.95. The van der Waals surface area contributed by atoms with Crippen molar-refractivity contribution in [3.8, 4) is 5.75 Å². The summed E-state index contributed by atoms with van der Waals surface area (Å²) in [4.78, 5) is 87.3. The zero-order valence-electron chi connectivity index (χ0n) is 27.9. The molecule has 2 amide bonds. The van der Waals surface area contributed by atoms with E-state index in [2.05, 4.69) is 10.6 Å². The van der Waals surface area contributed by atoms with Crippen LogP contribution in [0.25, 0.3) is 0 Å². The van der Waals surface area contributed by atoms with Crippen LogP contribution in [0.2, 0.25) is 0 Å². The Bertz CT molecular complexity index is 1400. The van der Waals surface area contributed by atoms with Gasteiger partial charge in [-0.3, -0.25) is 28.8 Å². The molecule has 1 saturated heterocycles. The molecule has 1 aromatic carbocycles. The van der Waals surface area contributed by atoms with Crippen molar-refractivity contribution >= 4 is 41.7 Å². The minimum absolute atomic E-state index is 0.180. The fraction of sp³-hybridized carbons (Fsp3) is 0.531. The summed E-state index contributed by atoms with van der Waals surface area (Å²) < 4.78 is 33.2. The zero-order valence-corrected chi connectivity index (χ0v) is 27.9. The van der Waals surface area contributed by atoms with E-state index in [0.717, 1.165) is 27.9 Å². The van der Waals surface area contributed by atoms with Gasteiger partial charge in [-0.1, -0.05) is 6.08 Å². The third-order valence-electron chi connectivity index (χ3n) is 7.00. The molecule has 1 aliphatic rings. The van der Waals surface area contributed by atoms with E-state index in [0.29, 0.717) is 16.9 Å². The minimum Gasteiger partial charge on any atom is -0.467 e. The first-order chi connectivity index (χ1) is 21.9. The summed E-state index contributed by atoms with van der Waals surface area (Å²) in [5.74, 6) is -4.75. The van der Waals surface area contributed by atoms with Crippen LogP contribution in [0.5, 0.6) is 5.75 Å². The first-order valence-electron chi connectivity index (χ1n) is 14.7. The number of amides is 2. The largest absolute Gasteiger partial charge is 0.467 e. The summed E-state index contributed by atoms with van der Waals surface area (Å²) in [5, 5.41) is 5.28. The Morgan fingerprint density at radius 1 is 0.936 bits per heavy atom. The lowest BCUT2D eigenvalue weighted by molar-refractivity contribution is -0.229. The van der Waals surface area contributed by atoms with E-state index >= 15 is 0 Å². The molecule has 1 heterocycles. The van der Waals surface area contributed by atoms with Crippen LogP contribution in [0.4, 0.5) is 0 Å². The van der Waals surface area contributed by atoms with Crippen LogP contribution < -0.4 is 15.4 Å². The molecule has 1 aliphatic heterocycles. The second-order valence-corrected chi connectivity index (χ2v) is 11.0. The molecule has 47 heavy (non-hydrogen) atoms. The summed E-state index contributed by atoms with van der Waals surface area (Å²) >= 11 is 0. The number of ether oxygens (including phenoxy) is 6. The third kappa shape index (κ3) is 10.4. The maximum Gasteiger partial charge on any atom is 0.342 e. The van der Waals surface area contributed by atoms with Crippen molar-refractivity contribution in [2.75, 3.05) is 13.7 Å². The van der Waals surface area contributed by atoms with E-state index in [1.807, 2.05) is 0 Å². The average molecular weight is 663 g/mol. The molecule has 1 fully saturated rings. The molecule has 0 unspecified atom stereocenters. The Hall–Kier alpha value is -4.79. The van der Waals surface area contributed by atoms with Gasteiger partial charge < -0.3 is 39.1 Å². The number of benzene rings is 1. The van der Waals surface area contributed by atoms with Gasteiger partial charge in [0.25, 0.3) is 5.91 Å². The number of carbonyl (C=O) groups is 7. The lowest BCUT2D eigenvalue weighted by Gasteiger charge is -2.48. The van der Waals surface area contributed by atoms with Crippen LogP contribution in [0.15, 0.2) is 24.3 Å². The van der Waals surface area contributed by atoms with Crippen LogP contribution in [-0.4, -0.2) is 91.4 Å². The van der Waals surface area contributed by atoms with Gasteiger partial charge in [-0.05, 0) is 50.1 Å². The molecule has 258 valence electrons. The van der Waals surface area contributed by atoms with Gasteiger partial charge in [0.15, 0.2) is 17.8 Å². The fourth-order valence-corrected chi connectivity index (χ4v) is 5.43. The Balaban J connectivity index is 2.65. The zero-order chi connectivity index (χ0) is 35.6. The van der Waals surface area contributed by atoms with E-state index < -0.39 is 84.3 Å². The number of allylic oxidation sites excluding steroid dienone is 1. The lowest BCUT2D eigenvalue weighted by Crippen LogP contribution is -2.68. The molecular weight excluding hydrogens is 620 g/mol. The van der Waals surface area contributed by atoms with Crippen LogP contribution in [0, 0.1) is 13.8 Å². The maximum absolute atomic E-state index is 13.3. The summed E-state index contributed by atoms with van der Waals surface area (Å²) in [6.07, 6.45) is -3.21. The highest BCUT2D eigenvalue weighted by atomic mass is 16.6. The molecule has 0 radical (unpaired) electrons. The van der Waals surface area contributed by atoms with E-state index in [-0.39, 0.29) is 12.0 Å². The van der Waals surface area contributed by atoms with Crippen LogP contribution in [0.1, 0.15) is 69.4 Å². The van der Waals surface area contributed by atoms with Crippen molar-refractivity contribution in [3.63, 3.8) is 0 Å². The van der Waals surface area contributed by atoms with Crippen molar-refractivity contribution in [1.29, 1.82) is 0 Å². The van der Waals surface area contributed by atoms with Crippen LogP contribution in [0.3, 0.4) is 0 Å². The highest BCUT2D eigenvalue weighted by Gasteiger charge is 2.57. The molecule has 0 aromatic heterocycles. The fourth-order valence-electron chi connectivity index (χ4n) is 5.43. The van der Waals surface area contributed by atoms with Gasteiger partial charge in [-0.2, -0.15) is 0 Å².